The van der Waals surface area contributed by atoms with Gasteiger partial charge in [0.2, 0.25) is 6.29 Å². The van der Waals surface area contributed by atoms with Gasteiger partial charge in [0.05, 0.1) is 13.7 Å². The number of aryl methyl sites for hydroxylation is 2. The average Bonchev–Trinajstić information content (AvgIpc) is 2.73. The zero-order chi connectivity index (χ0) is 21.8. The van der Waals surface area contributed by atoms with Crippen LogP contribution < -0.4 is 9.47 Å². The van der Waals surface area contributed by atoms with Crippen molar-refractivity contribution < 1.29 is 44.8 Å². The molecule has 1 fully saturated rings. The molecular weight excluding hydrogens is 396 g/mol. The van der Waals surface area contributed by atoms with E-state index < -0.39 is 37.3 Å². The Kier molecular flexibility index (Phi) is 7.01. The van der Waals surface area contributed by atoms with Gasteiger partial charge in [-0.1, -0.05) is 6.07 Å². The van der Waals surface area contributed by atoms with E-state index in [9.17, 15) is 30.6 Å². The monoisotopic (exact) mass is 422 g/mol. The number of hydrogen-bond acceptors (Lipinski definition) is 9. The highest BCUT2D eigenvalue weighted by Crippen LogP contribution is 2.29. The molecule has 0 saturated carbocycles. The van der Waals surface area contributed by atoms with Gasteiger partial charge < -0.3 is 44.8 Å². The molecule has 9 nitrogen and oxygen atoms in total. The fraction of sp³-hybridized carbons (Fsp3) is 0.429. The maximum absolute atomic E-state index is 10.1. The lowest BCUT2D eigenvalue weighted by molar-refractivity contribution is -0.277. The molecule has 2 aromatic rings. The highest BCUT2D eigenvalue weighted by atomic mass is 16.7. The Labute approximate surface area is 173 Å². The van der Waals surface area contributed by atoms with E-state index in [1.54, 1.807) is 30.3 Å². The minimum Gasteiger partial charge on any atom is -0.508 e. The first-order valence-corrected chi connectivity index (χ1v) is 9.48. The van der Waals surface area contributed by atoms with Crippen molar-refractivity contribution in [2.45, 2.75) is 43.5 Å². The van der Waals surface area contributed by atoms with Crippen molar-refractivity contribution in [1.82, 2.24) is 0 Å². The third-order valence-corrected chi connectivity index (χ3v) is 5.00. The van der Waals surface area contributed by atoms with E-state index in [0.29, 0.717) is 18.6 Å². The second-order valence-corrected chi connectivity index (χ2v) is 7.16. The summed E-state index contributed by atoms with van der Waals surface area (Å²) in [6.07, 6.45) is -5.87. The van der Waals surface area contributed by atoms with Gasteiger partial charge in [-0.2, -0.15) is 0 Å². The number of phenolic OH excluding ortho intramolecular Hbond substituents is 2. The van der Waals surface area contributed by atoms with E-state index in [2.05, 4.69) is 0 Å². The van der Waals surface area contributed by atoms with E-state index >= 15 is 0 Å². The number of aliphatic hydroxyl groups excluding tert-OH is 4. The molecule has 6 N–H and O–H groups in total. The molecule has 9 heteroatoms. The predicted octanol–water partition coefficient (Wildman–Crippen LogP) is 0.0703. The third kappa shape index (κ3) is 4.94. The van der Waals surface area contributed by atoms with Crippen LogP contribution in [-0.2, 0) is 17.6 Å². The number of phenols is 2. The lowest BCUT2D eigenvalue weighted by atomic mass is 9.99. The molecule has 3 rings (SSSR count). The van der Waals surface area contributed by atoms with E-state index in [1.165, 1.54) is 13.2 Å². The molecule has 0 aliphatic carbocycles. The summed E-state index contributed by atoms with van der Waals surface area (Å²) in [5.74, 6) is 0.553. The van der Waals surface area contributed by atoms with Gasteiger partial charge in [-0.3, -0.25) is 0 Å². The summed E-state index contributed by atoms with van der Waals surface area (Å²) in [6.45, 7) is -0.563. The van der Waals surface area contributed by atoms with Gasteiger partial charge in [-0.25, -0.2) is 0 Å². The van der Waals surface area contributed by atoms with Crippen molar-refractivity contribution in [2.24, 2.45) is 0 Å². The van der Waals surface area contributed by atoms with E-state index in [4.69, 9.17) is 14.2 Å². The fourth-order valence-corrected chi connectivity index (χ4v) is 3.32. The van der Waals surface area contributed by atoms with Crippen LogP contribution in [0.1, 0.15) is 11.1 Å². The van der Waals surface area contributed by atoms with Crippen molar-refractivity contribution in [2.75, 3.05) is 13.7 Å². The summed E-state index contributed by atoms with van der Waals surface area (Å²) in [5.41, 5.74) is 1.66. The summed E-state index contributed by atoms with van der Waals surface area (Å²) < 4.78 is 16.0. The van der Waals surface area contributed by atoms with Crippen LogP contribution in [0.2, 0.25) is 0 Å². The summed E-state index contributed by atoms with van der Waals surface area (Å²) in [4.78, 5) is 0. The Hall–Kier alpha value is -2.56. The quantitative estimate of drug-likeness (QED) is 0.364. The van der Waals surface area contributed by atoms with Crippen molar-refractivity contribution in [3.8, 4) is 23.0 Å². The Balaban J connectivity index is 1.70. The molecule has 0 bridgehead atoms. The molecular formula is C21H26O9. The summed E-state index contributed by atoms with van der Waals surface area (Å²) in [5, 5.41) is 58.8. The Bertz CT molecular complexity index is 854. The number of aromatic hydroxyl groups is 2. The first-order chi connectivity index (χ1) is 14.3. The van der Waals surface area contributed by atoms with Gasteiger partial charge >= 0.3 is 0 Å². The molecule has 30 heavy (non-hydrogen) atoms. The fourth-order valence-electron chi connectivity index (χ4n) is 3.32. The van der Waals surface area contributed by atoms with Crippen molar-refractivity contribution in [1.29, 1.82) is 0 Å². The lowest BCUT2D eigenvalue weighted by Gasteiger charge is -2.39. The van der Waals surface area contributed by atoms with Crippen LogP contribution in [0.15, 0.2) is 36.4 Å². The summed E-state index contributed by atoms with van der Waals surface area (Å²) >= 11 is 0. The Morgan fingerprint density at radius 1 is 0.900 bits per heavy atom. The number of ether oxygens (including phenoxy) is 3. The molecule has 0 spiro atoms. The molecule has 0 unspecified atom stereocenters. The average molecular weight is 422 g/mol. The SMILES string of the molecule is COc1cc(CCc2cc(O)cc(O[C@H]3O[C@H](CO)[C@@H](O)[C@H](O)[C@H]3O)c2)ccc1O. The van der Waals surface area contributed by atoms with Crippen LogP contribution in [0, 0.1) is 0 Å². The lowest BCUT2D eigenvalue weighted by Crippen LogP contribution is -2.60. The topological polar surface area (TPSA) is 149 Å². The molecule has 1 aliphatic heterocycles. The van der Waals surface area contributed by atoms with Gasteiger partial charge in [0.1, 0.15) is 35.9 Å². The number of aliphatic hydroxyl groups is 4. The largest absolute Gasteiger partial charge is 0.508 e. The summed E-state index contributed by atoms with van der Waals surface area (Å²) in [7, 11) is 1.47. The second kappa shape index (κ2) is 9.50. The van der Waals surface area contributed by atoms with Crippen molar-refractivity contribution in [3.05, 3.63) is 47.5 Å². The van der Waals surface area contributed by atoms with E-state index in [0.717, 1.165) is 11.1 Å². The Morgan fingerprint density at radius 3 is 2.33 bits per heavy atom. The maximum Gasteiger partial charge on any atom is 0.229 e. The van der Waals surface area contributed by atoms with Crippen LogP contribution in [-0.4, -0.2) is 75.1 Å². The molecule has 164 valence electrons. The van der Waals surface area contributed by atoms with Gasteiger partial charge in [-0.05, 0) is 48.2 Å². The van der Waals surface area contributed by atoms with Crippen LogP contribution in [0.25, 0.3) is 0 Å². The van der Waals surface area contributed by atoms with Gasteiger partial charge in [-0.15, -0.1) is 0 Å². The second-order valence-electron chi connectivity index (χ2n) is 7.16. The first-order valence-electron chi connectivity index (χ1n) is 9.48. The van der Waals surface area contributed by atoms with Crippen molar-refractivity contribution >= 4 is 0 Å². The molecule has 1 saturated heterocycles. The Morgan fingerprint density at radius 2 is 1.63 bits per heavy atom. The zero-order valence-electron chi connectivity index (χ0n) is 16.4. The van der Waals surface area contributed by atoms with Crippen molar-refractivity contribution in [3.63, 3.8) is 0 Å². The minimum atomic E-state index is -1.55. The van der Waals surface area contributed by atoms with Gasteiger partial charge in [0.15, 0.2) is 11.5 Å². The normalized spacial score (nSPS) is 26.4. The molecule has 1 heterocycles. The standard InChI is InChI=1S/C21H26O9/c1-28-16-8-11(4-5-15(16)24)2-3-12-6-13(23)9-14(7-12)29-21-20(27)19(26)18(25)17(10-22)30-21/h4-9,17-27H,2-3,10H2,1H3/t17-,18-,19+,20-,21+/m1/s1. The molecule has 0 radical (unpaired) electrons. The third-order valence-electron chi connectivity index (χ3n) is 5.00. The first kappa shape index (κ1) is 22.1. The number of rotatable bonds is 7. The minimum absolute atomic E-state index is 0.0498. The van der Waals surface area contributed by atoms with Gasteiger partial charge in [0, 0.05) is 6.07 Å². The predicted molar refractivity (Wildman–Crippen MR) is 105 cm³/mol. The van der Waals surface area contributed by atoms with Crippen LogP contribution in [0.5, 0.6) is 23.0 Å². The molecule has 2 aromatic carbocycles. The highest BCUT2D eigenvalue weighted by molar-refractivity contribution is 5.42. The highest BCUT2D eigenvalue weighted by Gasteiger charge is 2.44. The molecule has 1 aliphatic rings. The molecule has 5 atom stereocenters. The van der Waals surface area contributed by atoms with Gasteiger partial charge in [0.25, 0.3) is 0 Å². The smallest absolute Gasteiger partial charge is 0.229 e. The van der Waals surface area contributed by atoms with E-state index in [-0.39, 0.29) is 17.2 Å². The van der Waals surface area contributed by atoms with Crippen LogP contribution in [0.4, 0.5) is 0 Å². The zero-order valence-corrected chi connectivity index (χ0v) is 16.4. The van der Waals surface area contributed by atoms with E-state index in [1.807, 2.05) is 0 Å². The maximum atomic E-state index is 10.1. The number of methoxy groups -OCH3 is 1. The number of hydrogen-bond donors (Lipinski definition) is 6. The molecule has 0 amide bonds. The summed E-state index contributed by atoms with van der Waals surface area (Å²) in [6, 6.07) is 9.59. The van der Waals surface area contributed by atoms with Crippen LogP contribution in [0.3, 0.4) is 0 Å². The molecule has 0 aromatic heterocycles. The van der Waals surface area contributed by atoms with Crippen LogP contribution >= 0.6 is 0 Å². The number of benzene rings is 2.